The summed E-state index contributed by atoms with van der Waals surface area (Å²) in [5, 5.41) is 2.51. The normalized spacial score (nSPS) is 30.8. The van der Waals surface area contributed by atoms with Crippen LogP contribution in [0.5, 0.6) is 0 Å². The van der Waals surface area contributed by atoms with Crippen molar-refractivity contribution in [2.24, 2.45) is 5.92 Å². The zero-order valence-corrected chi connectivity index (χ0v) is 5.79. The van der Waals surface area contributed by atoms with Crippen molar-refractivity contribution in [3.05, 3.63) is 0 Å². The lowest BCUT2D eigenvalue weighted by Crippen LogP contribution is -2.47. The van der Waals surface area contributed by atoms with Crippen LogP contribution < -0.4 is 5.32 Å². The Morgan fingerprint density at radius 2 is 2.00 bits per heavy atom. The summed E-state index contributed by atoms with van der Waals surface area (Å²) in [6.45, 7) is -0.166. The molecule has 5 heteroatoms. The van der Waals surface area contributed by atoms with Gasteiger partial charge < -0.3 is 5.32 Å². The molecule has 1 atom stereocenters. The monoisotopic (exact) mass is 171 g/mol. The van der Waals surface area contributed by atoms with Crippen LogP contribution in [0.25, 0.3) is 0 Å². The Hall–Kier alpha value is -0.320. The maximum atomic E-state index is 12.6. The van der Waals surface area contributed by atoms with Gasteiger partial charge in [0.1, 0.15) is 0 Å². The molecule has 1 unspecified atom stereocenters. The van der Waals surface area contributed by atoms with Crippen LogP contribution in [-0.2, 0) is 0 Å². The summed E-state index contributed by atoms with van der Waals surface area (Å²) in [6, 6.07) is 0. The van der Waals surface area contributed by atoms with E-state index in [1.54, 1.807) is 0 Å². The van der Waals surface area contributed by atoms with E-state index in [-0.39, 0.29) is 13.1 Å². The minimum atomic E-state index is -3.20. The molecule has 0 radical (unpaired) electrons. The van der Waals surface area contributed by atoms with Gasteiger partial charge in [0.05, 0.1) is 5.92 Å². The molecule has 0 spiro atoms. The molecule has 1 N–H and O–H groups in total. The van der Waals surface area contributed by atoms with Crippen molar-refractivity contribution in [2.45, 2.75) is 18.8 Å². The summed E-state index contributed by atoms with van der Waals surface area (Å²) in [5.74, 6) is -5.00. The van der Waals surface area contributed by atoms with E-state index in [1.807, 2.05) is 0 Å². The van der Waals surface area contributed by atoms with Gasteiger partial charge in [0.25, 0.3) is 5.92 Å². The average molecular weight is 171 g/mol. The predicted molar refractivity (Wildman–Crippen MR) is 31.9 cm³/mol. The second kappa shape index (κ2) is 2.97. The standard InChI is InChI=1S/C6H9F4N/c7-5(8)4-3-11-2-1-6(4,9)10/h4-5,11H,1-3H2. The lowest BCUT2D eigenvalue weighted by atomic mass is 9.95. The van der Waals surface area contributed by atoms with Gasteiger partial charge in [-0.25, -0.2) is 17.6 Å². The van der Waals surface area contributed by atoms with Crippen LogP contribution in [0.4, 0.5) is 17.6 Å². The third-order valence-electron chi connectivity index (χ3n) is 1.85. The van der Waals surface area contributed by atoms with Crippen molar-refractivity contribution in [3.63, 3.8) is 0 Å². The fraction of sp³-hybridized carbons (Fsp3) is 1.00. The predicted octanol–water partition coefficient (Wildman–Crippen LogP) is 1.50. The van der Waals surface area contributed by atoms with Crippen LogP contribution in [0, 0.1) is 5.92 Å². The summed E-state index contributed by atoms with van der Waals surface area (Å²) in [7, 11) is 0. The first kappa shape index (κ1) is 8.77. The van der Waals surface area contributed by atoms with Crippen LogP contribution >= 0.6 is 0 Å². The van der Waals surface area contributed by atoms with E-state index in [1.165, 1.54) is 0 Å². The Kier molecular flexibility index (Phi) is 2.37. The fourth-order valence-electron chi connectivity index (χ4n) is 1.12. The molecule has 66 valence electrons. The third-order valence-corrected chi connectivity index (χ3v) is 1.85. The van der Waals surface area contributed by atoms with E-state index in [0.717, 1.165) is 0 Å². The van der Waals surface area contributed by atoms with Crippen molar-refractivity contribution in [1.82, 2.24) is 5.32 Å². The molecule has 0 aromatic carbocycles. The Balaban J connectivity index is 2.60. The number of alkyl halides is 4. The molecule has 1 nitrogen and oxygen atoms in total. The Morgan fingerprint density at radius 1 is 1.36 bits per heavy atom. The summed E-state index contributed by atoms with van der Waals surface area (Å²) >= 11 is 0. The van der Waals surface area contributed by atoms with Crippen molar-refractivity contribution in [2.75, 3.05) is 13.1 Å². The number of rotatable bonds is 1. The molecule has 0 aromatic rings. The highest BCUT2D eigenvalue weighted by atomic mass is 19.3. The summed E-state index contributed by atoms with van der Waals surface area (Å²) in [5.41, 5.74) is 0. The van der Waals surface area contributed by atoms with Gasteiger partial charge in [0, 0.05) is 19.5 Å². The molecule has 1 rings (SSSR count). The van der Waals surface area contributed by atoms with Crippen LogP contribution in [0.15, 0.2) is 0 Å². The summed E-state index contributed by atoms with van der Waals surface area (Å²) < 4.78 is 49.0. The van der Waals surface area contributed by atoms with Crippen molar-refractivity contribution in [3.8, 4) is 0 Å². The number of nitrogens with one attached hydrogen (secondary N) is 1. The highest BCUT2D eigenvalue weighted by Crippen LogP contribution is 2.34. The molecule has 0 amide bonds. The highest BCUT2D eigenvalue weighted by molar-refractivity contribution is 4.85. The topological polar surface area (TPSA) is 12.0 Å². The van der Waals surface area contributed by atoms with Gasteiger partial charge in [0.15, 0.2) is 0 Å². The largest absolute Gasteiger partial charge is 0.316 e. The van der Waals surface area contributed by atoms with Crippen LogP contribution in [0.3, 0.4) is 0 Å². The van der Waals surface area contributed by atoms with Crippen LogP contribution in [0.2, 0.25) is 0 Å². The number of hydrogen-bond donors (Lipinski definition) is 1. The Bertz CT molecular complexity index is 137. The highest BCUT2D eigenvalue weighted by Gasteiger charge is 2.46. The molecule has 1 fully saturated rings. The fourth-order valence-corrected chi connectivity index (χ4v) is 1.12. The molecule has 11 heavy (non-hydrogen) atoms. The minimum Gasteiger partial charge on any atom is -0.316 e. The van der Waals surface area contributed by atoms with Crippen LogP contribution in [-0.4, -0.2) is 25.4 Å². The number of hydrogen-bond acceptors (Lipinski definition) is 1. The van der Waals surface area contributed by atoms with Crippen molar-refractivity contribution < 1.29 is 17.6 Å². The Labute approximate surface area is 61.8 Å². The zero-order valence-electron chi connectivity index (χ0n) is 5.79. The van der Waals surface area contributed by atoms with E-state index >= 15 is 0 Å². The minimum absolute atomic E-state index is 0.121. The second-order valence-electron chi connectivity index (χ2n) is 2.66. The van der Waals surface area contributed by atoms with E-state index in [2.05, 4.69) is 5.32 Å². The Morgan fingerprint density at radius 3 is 2.36 bits per heavy atom. The van der Waals surface area contributed by atoms with Gasteiger partial charge in [-0.3, -0.25) is 0 Å². The first-order valence-corrected chi connectivity index (χ1v) is 3.41. The summed E-state index contributed by atoms with van der Waals surface area (Å²) in [4.78, 5) is 0. The third kappa shape index (κ3) is 1.83. The van der Waals surface area contributed by atoms with Crippen molar-refractivity contribution in [1.29, 1.82) is 0 Å². The van der Waals surface area contributed by atoms with E-state index in [9.17, 15) is 17.6 Å². The number of piperidine rings is 1. The van der Waals surface area contributed by atoms with Crippen LogP contribution in [0.1, 0.15) is 6.42 Å². The molecule has 1 saturated heterocycles. The maximum Gasteiger partial charge on any atom is 0.258 e. The van der Waals surface area contributed by atoms with Gasteiger partial charge in [-0.1, -0.05) is 0 Å². The zero-order chi connectivity index (χ0) is 8.48. The van der Waals surface area contributed by atoms with Crippen molar-refractivity contribution >= 4 is 0 Å². The van der Waals surface area contributed by atoms with E-state index in [4.69, 9.17) is 0 Å². The lowest BCUT2D eigenvalue weighted by Gasteiger charge is -2.30. The quantitative estimate of drug-likeness (QED) is 0.589. The molecule has 0 saturated carbocycles. The molecular weight excluding hydrogens is 162 g/mol. The average Bonchev–Trinajstić information content (AvgIpc) is 1.85. The van der Waals surface area contributed by atoms with Gasteiger partial charge in [-0.15, -0.1) is 0 Å². The molecule has 0 aromatic heterocycles. The molecule has 0 aliphatic carbocycles. The summed E-state index contributed by atoms with van der Waals surface area (Å²) in [6.07, 6.45) is -3.42. The lowest BCUT2D eigenvalue weighted by molar-refractivity contribution is -0.130. The smallest absolute Gasteiger partial charge is 0.258 e. The van der Waals surface area contributed by atoms with Gasteiger partial charge >= 0.3 is 0 Å². The van der Waals surface area contributed by atoms with Gasteiger partial charge in [0.2, 0.25) is 6.43 Å². The van der Waals surface area contributed by atoms with Gasteiger partial charge in [-0.05, 0) is 0 Å². The molecule has 1 aliphatic rings. The molecular formula is C6H9F4N. The van der Waals surface area contributed by atoms with E-state index in [0.29, 0.717) is 0 Å². The van der Waals surface area contributed by atoms with Gasteiger partial charge in [-0.2, -0.15) is 0 Å². The van der Waals surface area contributed by atoms with E-state index < -0.39 is 24.7 Å². The second-order valence-corrected chi connectivity index (χ2v) is 2.66. The first-order valence-electron chi connectivity index (χ1n) is 3.41. The SMILES string of the molecule is FC(F)C1CNCCC1(F)F. The molecule has 1 aliphatic heterocycles. The number of halogens is 4. The maximum absolute atomic E-state index is 12.6. The first-order chi connectivity index (χ1) is 5.04. The molecule has 0 bridgehead atoms. The molecule has 1 heterocycles.